The monoisotopic (exact) mass is 430 g/mol. The summed E-state index contributed by atoms with van der Waals surface area (Å²) in [7, 11) is 0. The van der Waals surface area contributed by atoms with E-state index in [0.29, 0.717) is 16.1 Å². The van der Waals surface area contributed by atoms with Gasteiger partial charge in [-0.25, -0.2) is 0 Å². The van der Waals surface area contributed by atoms with Crippen LogP contribution in [0.25, 0.3) is 6.08 Å². The van der Waals surface area contributed by atoms with Crippen molar-refractivity contribution in [1.29, 1.82) is 0 Å². The number of rotatable bonds is 5. The topological polar surface area (TPSA) is 127 Å². The van der Waals surface area contributed by atoms with Gasteiger partial charge in [-0.3, -0.25) is 25.0 Å². The van der Waals surface area contributed by atoms with Gasteiger partial charge in [0.25, 0.3) is 11.6 Å². The molecule has 1 aliphatic carbocycles. The molecule has 1 heterocycles. The van der Waals surface area contributed by atoms with E-state index < -0.39 is 16.7 Å². The molecule has 0 unspecified atom stereocenters. The lowest BCUT2D eigenvalue weighted by molar-refractivity contribution is -0.384. The fourth-order valence-electron chi connectivity index (χ4n) is 3.12. The number of nitrogens with zero attached hydrogens (tertiary/aromatic N) is 1. The summed E-state index contributed by atoms with van der Waals surface area (Å²) in [4.78, 5) is 35.4. The molecule has 3 rings (SSSR count). The van der Waals surface area contributed by atoms with Crippen LogP contribution in [0.15, 0.2) is 30.3 Å². The Labute approximate surface area is 175 Å². The van der Waals surface area contributed by atoms with Crippen molar-refractivity contribution < 1.29 is 14.5 Å². The number of carbonyl (C=O) groups excluding carboxylic acids is 2. The Kier molecular flexibility index (Phi) is 6.35. The third-order valence-corrected chi connectivity index (χ3v) is 5.80. The predicted molar refractivity (Wildman–Crippen MR) is 116 cm³/mol. The quantitative estimate of drug-likeness (QED) is 0.289. The second-order valence-corrected chi connectivity index (χ2v) is 7.92. The molecule has 1 aromatic carbocycles. The first-order chi connectivity index (χ1) is 13.8. The molecule has 0 saturated carbocycles. The number of nitro benzene ring substituents is 1. The number of non-ortho nitro benzene ring substituents is 1. The average molecular weight is 431 g/mol. The lowest BCUT2D eigenvalue weighted by Gasteiger charge is -2.11. The largest absolute Gasteiger partial charge is 0.365 e. The number of aryl methyl sites for hydroxylation is 1. The van der Waals surface area contributed by atoms with Crippen molar-refractivity contribution in [3.05, 3.63) is 62.0 Å². The average Bonchev–Trinajstić information content (AvgIpc) is 3.04. The molecular weight excluding hydrogens is 412 g/mol. The van der Waals surface area contributed by atoms with E-state index in [1.807, 2.05) is 0 Å². The number of hydrogen-bond acceptors (Lipinski definition) is 6. The maximum atomic E-state index is 12.1. The Morgan fingerprint density at radius 3 is 2.76 bits per heavy atom. The number of nitrogens with two attached hydrogens (primary N) is 1. The highest BCUT2D eigenvalue weighted by atomic mass is 32.1. The fourth-order valence-corrected chi connectivity index (χ4v) is 4.68. The molecule has 4 N–H and O–H groups in total. The van der Waals surface area contributed by atoms with Gasteiger partial charge in [-0.1, -0.05) is 12.1 Å². The SMILES string of the molecule is NC(=O)c1c(NC(=S)NC(=O)/C=C/c2cccc([N+](=O)[O-])c2)sc2c1CCCC2. The number of nitro groups is 1. The van der Waals surface area contributed by atoms with E-state index in [2.05, 4.69) is 10.6 Å². The number of benzene rings is 1. The summed E-state index contributed by atoms with van der Waals surface area (Å²) >= 11 is 6.60. The minimum atomic E-state index is -0.522. The molecule has 0 bridgehead atoms. The van der Waals surface area contributed by atoms with Gasteiger partial charge in [0.2, 0.25) is 5.91 Å². The van der Waals surface area contributed by atoms with Gasteiger partial charge in [-0.2, -0.15) is 0 Å². The van der Waals surface area contributed by atoms with Crippen LogP contribution >= 0.6 is 23.6 Å². The van der Waals surface area contributed by atoms with Crippen LogP contribution in [0.1, 0.15) is 39.2 Å². The van der Waals surface area contributed by atoms with E-state index in [0.717, 1.165) is 36.1 Å². The van der Waals surface area contributed by atoms with Gasteiger partial charge < -0.3 is 11.1 Å². The first-order valence-corrected chi connectivity index (χ1v) is 10.1. The van der Waals surface area contributed by atoms with Crippen LogP contribution in [-0.2, 0) is 17.6 Å². The molecule has 0 spiro atoms. The maximum Gasteiger partial charge on any atom is 0.270 e. The number of primary amides is 1. The summed E-state index contributed by atoms with van der Waals surface area (Å²) < 4.78 is 0. The summed E-state index contributed by atoms with van der Waals surface area (Å²) in [5.74, 6) is -1.03. The molecule has 0 fully saturated rings. The second kappa shape index (κ2) is 8.93. The number of thiocarbonyl (C=S) groups is 1. The van der Waals surface area contributed by atoms with Crippen molar-refractivity contribution in [2.24, 2.45) is 5.73 Å². The third-order valence-electron chi connectivity index (χ3n) is 4.39. The van der Waals surface area contributed by atoms with Crippen LogP contribution in [-0.4, -0.2) is 21.9 Å². The highest BCUT2D eigenvalue weighted by Gasteiger charge is 2.24. The van der Waals surface area contributed by atoms with Crippen molar-refractivity contribution in [3.63, 3.8) is 0 Å². The van der Waals surface area contributed by atoms with E-state index in [-0.39, 0.29) is 10.8 Å². The van der Waals surface area contributed by atoms with E-state index in [9.17, 15) is 19.7 Å². The number of amides is 2. The smallest absolute Gasteiger partial charge is 0.270 e. The lowest BCUT2D eigenvalue weighted by Crippen LogP contribution is -2.33. The first-order valence-electron chi connectivity index (χ1n) is 8.84. The molecule has 150 valence electrons. The second-order valence-electron chi connectivity index (χ2n) is 6.41. The van der Waals surface area contributed by atoms with Gasteiger partial charge in [0.05, 0.1) is 10.5 Å². The van der Waals surface area contributed by atoms with Crippen molar-refractivity contribution in [2.75, 3.05) is 5.32 Å². The lowest BCUT2D eigenvalue weighted by atomic mass is 9.95. The first kappa shape index (κ1) is 20.6. The number of carbonyl (C=O) groups is 2. The number of fused-ring (bicyclic) bond motifs is 1. The molecule has 10 heteroatoms. The zero-order valence-corrected chi connectivity index (χ0v) is 16.9. The minimum absolute atomic E-state index is 0.0415. The minimum Gasteiger partial charge on any atom is -0.365 e. The van der Waals surface area contributed by atoms with Gasteiger partial charge in [0.1, 0.15) is 5.00 Å². The third kappa shape index (κ3) is 5.04. The Morgan fingerprint density at radius 2 is 2.03 bits per heavy atom. The van der Waals surface area contributed by atoms with Crippen molar-refractivity contribution in [3.8, 4) is 0 Å². The zero-order chi connectivity index (χ0) is 21.0. The summed E-state index contributed by atoms with van der Waals surface area (Å²) in [5.41, 5.74) is 7.40. The predicted octanol–water partition coefficient (Wildman–Crippen LogP) is 3.16. The van der Waals surface area contributed by atoms with Crippen molar-refractivity contribution >= 4 is 57.2 Å². The molecule has 2 amide bonds. The van der Waals surface area contributed by atoms with Gasteiger partial charge in [-0.15, -0.1) is 11.3 Å². The van der Waals surface area contributed by atoms with E-state index in [1.165, 1.54) is 41.7 Å². The normalized spacial score (nSPS) is 13.0. The zero-order valence-electron chi connectivity index (χ0n) is 15.3. The summed E-state index contributed by atoms with van der Waals surface area (Å²) in [6, 6.07) is 5.90. The molecule has 0 saturated heterocycles. The molecule has 1 aliphatic rings. The molecular formula is C19H18N4O4S2. The molecule has 29 heavy (non-hydrogen) atoms. The van der Waals surface area contributed by atoms with Gasteiger partial charge in [-0.05, 0) is 55.1 Å². The van der Waals surface area contributed by atoms with E-state index in [4.69, 9.17) is 18.0 Å². The number of thiophene rings is 1. The Hall–Kier alpha value is -3.11. The Bertz CT molecular complexity index is 1030. The van der Waals surface area contributed by atoms with E-state index >= 15 is 0 Å². The Balaban J connectivity index is 1.66. The van der Waals surface area contributed by atoms with Crippen LogP contribution in [0.5, 0.6) is 0 Å². The molecule has 0 aliphatic heterocycles. The van der Waals surface area contributed by atoms with Crippen LogP contribution in [0.3, 0.4) is 0 Å². The number of nitrogens with one attached hydrogen (secondary N) is 2. The molecule has 0 radical (unpaired) electrons. The number of anilines is 1. The van der Waals surface area contributed by atoms with Crippen molar-refractivity contribution in [1.82, 2.24) is 5.32 Å². The Morgan fingerprint density at radius 1 is 1.28 bits per heavy atom. The maximum absolute atomic E-state index is 12.1. The van der Waals surface area contributed by atoms with Crippen molar-refractivity contribution in [2.45, 2.75) is 25.7 Å². The summed E-state index contributed by atoms with van der Waals surface area (Å²) in [6.07, 6.45) is 6.44. The highest BCUT2D eigenvalue weighted by Crippen LogP contribution is 2.37. The standard InChI is InChI=1S/C19H18N4O4S2/c20-17(25)16-13-6-1-2-7-14(13)29-18(16)22-19(28)21-15(24)9-8-11-4-3-5-12(10-11)23(26)27/h3-5,8-10H,1-2,6-7H2,(H2,20,25)(H2,21,22,24,28)/b9-8+. The van der Waals surface area contributed by atoms with Crippen LogP contribution < -0.4 is 16.4 Å². The summed E-state index contributed by atoms with van der Waals surface area (Å²) in [6.45, 7) is 0. The molecule has 2 aromatic rings. The molecule has 1 aromatic heterocycles. The van der Waals surface area contributed by atoms with Crippen LogP contribution in [0, 0.1) is 10.1 Å². The van der Waals surface area contributed by atoms with Gasteiger partial charge in [0.15, 0.2) is 5.11 Å². The highest BCUT2D eigenvalue weighted by molar-refractivity contribution is 7.80. The van der Waals surface area contributed by atoms with Gasteiger partial charge >= 0.3 is 0 Å². The molecule has 0 atom stereocenters. The fraction of sp³-hybridized carbons (Fsp3) is 0.211. The van der Waals surface area contributed by atoms with Crippen LogP contribution in [0.2, 0.25) is 0 Å². The van der Waals surface area contributed by atoms with Gasteiger partial charge in [0, 0.05) is 23.1 Å². The van der Waals surface area contributed by atoms with E-state index in [1.54, 1.807) is 6.07 Å². The number of hydrogen-bond donors (Lipinski definition) is 3. The molecule has 8 nitrogen and oxygen atoms in total. The van der Waals surface area contributed by atoms with Crippen LogP contribution in [0.4, 0.5) is 10.7 Å². The summed E-state index contributed by atoms with van der Waals surface area (Å²) in [5, 5.41) is 16.8.